The molecule has 1 amide bonds. The number of aromatic nitrogens is 2. The van der Waals surface area contributed by atoms with Gasteiger partial charge in [0.25, 0.3) is 5.91 Å². The number of hydrogen-bond donors (Lipinski definition) is 2. The van der Waals surface area contributed by atoms with Crippen molar-refractivity contribution in [2.45, 2.75) is 0 Å². The third-order valence-electron chi connectivity index (χ3n) is 3.07. The first kappa shape index (κ1) is 14.9. The SMILES string of the molecule is COc1cc(C(=O)Nc2nc3cccc(C(=O)O)c3s2)ccn1. The fourth-order valence-electron chi connectivity index (χ4n) is 2.00. The monoisotopic (exact) mass is 329 g/mol. The second kappa shape index (κ2) is 6.01. The van der Waals surface area contributed by atoms with Crippen molar-refractivity contribution in [1.29, 1.82) is 0 Å². The van der Waals surface area contributed by atoms with Crippen LogP contribution in [0.25, 0.3) is 10.2 Å². The summed E-state index contributed by atoms with van der Waals surface area (Å²) in [4.78, 5) is 31.6. The Labute approximate surface area is 134 Å². The van der Waals surface area contributed by atoms with E-state index in [-0.39, 0.29) is 11.5 Å². The van der Waals surface area contributed by atoms with Crippen LogP contribution in [0.3, 0.4) is 0 Å². The minimum atomic E-state index is -1.03. The van der Waals surface area contributed by atoms with Gasteiger partial charge in [0.15, 0.2) is 5.13 Å². The van der Waals surface area contributed by atoms with Crippen molar-refractivity contribution < 1.29 is 19.4 Å². The first-order chi connectivity index (χ1) is 11.1. The van der Waals surface area contributed by atoms with Crippen LogP contribution in [0.15, 0.2) is 36.5 Å². The van der Waals surface area contributed by atoms with Gasteiger partial charge in [-0.2, -0.15) is 0 Å². The molecular weight excluding hydrogens is 318 g/mol. The molecule has 116 valence electrons. The van der Waals surface area contributed by atoms with Crippen molar-refractivity contribution >= 4 is 38.6 Å². The van der Waals surface area contributed by atoms with Gasteiger partial charge in [-0.15, -0.1) is 0 Å². The standard InChI is InChI=1S/C15H11N3O4S/c1-22-11-7-8(5-6-16-11)13(19)18-15-17-10-4-2-3-9(14(20)21)12(10)23-15/h2-7H,1H3,(H,20,21)(H,17,18,19). The molecule has 23 heavy (non-hydrogen) atoms. The highest BCUT2D eigenvalue weighted by molar-refractivity contribution is 7.22. The number of carboxylic acid groups (broad SMARTS) is 1. The number of carbonyl (C=O) groups is 2. The highest BCUT2D eigenvalue weighted by atomic mass is 32.1. The second-order valence-corrected chi connectivity index (χ2v) is 5.52. The van der Waals surface area contributed by atoms with Gasteiger partial charge in [0.1, 0.15) is 0 Å². The van der Waals surface area contributed by atoms with Gasteiger partial charge in [-0.05, 0) is 18.2 Å². The van der Waals surface area contributed by atoms with Gasteiger partial charge in [-0.3, -0.25) is 10.1 Å². The molecule has 0 saturated heterocycles. The fourth-order valence-corrected chi connectivity index (χ4v) is 2.97. The number of benzene rings is 1. The molecule has 0 spiro atoms. The highest BCUT2D eigenvalue weighted by Gasteiger charge is 2.15. The normalized spacial score (nSPS) is 10.5. The van der Waals surface area contributed by atoms with Crippen LogP contribution in [0.4, 0.5) is 5.13 Å². The lowest BCUT2D eigenvalue weighted by molar-refractivity contribution is 0.0699. The van der Waals surface area contributed by atoms with Gasteiger partial charge in [-0.25, -0.2) is 14.8 Å². The summed E-state index contributed by atoms with van der Waals surface area (Å²) >= 11 is 1.11. The van der Waals surface area contributed by atoms with Gasteiger partial charge in [0.05, 0.1) is 22.9 Å². The van der Waals surface area contributed by atoms with Crippen LogP contribution in [-0.2, 0) is 0 Å². The first-order valence-electron chi connectivity index (χ1n) is 6.52. The molecule has 0 aliphatic rings. The number of fused-ring (bicyclic) bond motifs is 1. The van der Waals surface area contributed by atoms with E-state index in [1.54, 1.807) is 18.2 Å². The molecule has 0 aliphatic carbocycles. The summed E-state index contributed by atoms with van der Waals surface area (Å²) in [5.41, 5.74) is 1.05. The number of carbonyl (C=O) groups excluding carboxylic acids is 1. The third-order valence-corrected chi connectivity index (χ3v) is 4.09. The number of anilines is 1. The molecule has 0 saturated carbocycles. The third kappa shape index (κ3) is 2.97. The Hall–Kier alpha value is -3.00. The topological polar surface area (TPSA) is 101 Å². The summed E-state index contributed by atoms with van der Waals surface area (Å²) in [5, 5.41) is 12.2. The van der Waals surface area contributed by atoms with Crippen LogP contribution in [0.2, 0.25) is 0 Å². The Morgan fingerprint density at radius 1 is 1.30 bits per heavy atom. The zero-order valence-corrected chi connectivity index (χ0v) is 12.8. The smallest absolute Gasteiger partial charge is 0.337 e. The number of hydrogen-bond acceptors (Lipinski definition) is 6. The molecule has 0 unspecified atom stereocenters. The Morgan fingerprint density at radius 3 is 2.87 bits per heavy atom. The Bertz CT molecular complexity index is 907. The summed E-state index contributed by atoms with van der Waals surface area (Å²) in [7, 11) is 1.46. The zero-order valence-electron chi connectivity index (χ0n) is 11.9. The molecule has 1 aromatic carbocycles. The predicted molar refractivity (Wildman–Crippen MR) is 85.3 cm³/mol. The van der Waals surface area contributed by atoms with Gasteiger partial charge in [-0.1, -0.05) is 17.4 Å². The van der Waals surface area contributed by atoms with Crippen LogP contribution in [0, 0.1) is 0 Å². The van der Waals surface area contributed by atoms with Crippen molar-refractivity contribution in [3.05, 3.63) is 47.7 Å². The maximum Gasteiger partial charge on any atom is 0.337 e. The molecule has 8 heteroatoms. The number of amides is 1. The van der Waals surface area contributed by atoms with Crippen molar-refractivity contribution in [3.8, 4) is 5.88 Å². The lowest BCUT2D eigenvalue weighted by Gasteiger charge is -2.03. The number of carboxylic acids is 1. The molecule has 0 aliphatic heterocycles. The van der Waals surface area contributed by atoms with E-state index in [1.807, 2.05) is 0 Å². The summed E-state index contributed by atoms with van der Waals surface area (Å²) in [5.74, 6) is -1.08. The van der Waals surface area contributed by atoms with Crippen LogP contribution >= 0.6 is 11.3 Å². The molecule has 2 aromatic heterocycles. The van der Waals surface area contributed by atoms with Gasteiger partial charge >= 0.3 is 5.97 Å². The van der Waals surface area contributed by atoms with Crippen molar-refractivity contribution in [1.82, 2.24) is 9.97 Å². The number of thiazole rings is 1. The lowest BCUT2D eigenvalue weighted by atomic mass is 10.2. The molecular formula is C15H11N3O4S. The Morgan fingerprint density at radius 2 is 2.13 bits per heavy atom. The Balaban J connectivity index is 1.90. The molecule has 0 bridgehead atoms. The summed E-state index contributed by atoms with van der Waals surface area (Å²) in [6.45, 7) is 0. The highest BCUT2D eigenvalue weighted by Crippen LogP contribution is 2.29. The minimum absolute atomic E-state index is 0.158. The zero-order chi connectivity index (χ0) is 16.4. The summed E-state index contributed by atoms with van der Waals surface area (Å²) < 4.78 is 5.49. The number of aromatic carboxylic acids is 1. The largest absolute Gasteiger partial charge is 0.481 e. The number of rotatable bonds is 4. The van der Waals surface area contributed by atoms with Crippen molar-refractivity contribution in [2.75, 3.05) is 12.4 Å². The maximum absolute atomic E-state index is 12.2. The van der Waals surface area contributed by atoms with E-state index in [0.717, 1.165) is 11.3 Å². The number of nitrogens with one attached hydrogen (secondary N) is 1. The van der Waals surface area contributed by atoms with E-state index in [1.165, 1.54) is 25.4 Å². The molecule has 3 rings (SSSR count). The molecule has 0 radical (unpaired) electrons. The lowest BCUT2D eigenvalue weighted by Crippen LogP contribution is -2.11. The van der Waals surface area contributed by atoms with E-state index in [4.69, 9.17) is 4.74 Å². The Kier molecular flexibility index (Phi) is 3.90. The molecule has 0 atom stereocenters. The van der Waals surface area contributed by atoms with E-state index in [2.05, 4.69) is 15.3 Å². The minimum Gasteiger partial charge on any atom is -0.481 e. The average Bonchev–Trinajstić information content (AvgIpc) is 2.96. The van der Waals surface area contributed by atoms with Crippen molar-refractivity contribution in [2.24, 2.45) is 0 Å². The van der Waals surface area contributed by atoms with Crippen molar-refractivity contribution in [3.63, 3.8) is 0 Å². The molecule has 2 heterocycles. The van der Waals surface area contributed by atoms with Crippen LogP contribution in [0.1, 0.15) is 20.7 Å². The van der Waals surface area contributed by atoms with E-state index in [0.29, 0.717) is 26.8 Å². The average molecular weight is 329 g/mol. The summed E-state index contributed by atoms with van der Waals surface area (Å²) in [6, 6.07) is 7.87. The number of nitrogens with zero attached hydrogens (tertiary/aromatic N) is 2. The fraction of sp³-hybridized carbons (Fsp3) is 0.0667. The first-order valence-corrected chi connectivity index (χ1v) is 7.34. The van der Waals surface area contributed by atoms with Crippen LogP contribution in [-0.4, -0.2) is 34.1 Å². The molecule has 3 aromatic rings. The van der Waals surface area contributed by atoms with Crippen LogP contribution in [0.5, 0.6) is 5.88 Å². The van der Waals surface area contributed by atoms with Crippen LogP contribution < -0.4 is 10.1 Å². The predicted octanol–water partition coefficient (Wildman–Crippen LogP) is 2.65. The number of pyridine rings is 1. The van der Waals surface area contributed by atoms with E-state index in [9.17, 15) is 14.7 Å². The molecule has 7 nitrogen and oxygen atoms in total. The quantitative estimate of drug-likeness (QED) is 0.763. The molecule has 0 fully saturated rings. The number of ether oxygens (including phenoxy) is 1. The van der Waals surface area contributed by atoms with Gasteiger partial charge in [0.2, 0.25) is 5.88 Å². The summed E-state index contributed by atoms with van der Waals surface area (Å²) in [6.07, 6.45) is 1.47. The van der Waals surface area contributed by atoms with Gasteiger partial charge < -0.3 is 9.84 Å². The molecule has 2 N–H and O–H groups in total. The second-order valence-electron chi connectivity index (χ2n) is 4.52. The maximum atomic E-state index is 12.2. The van der Waals surface area contributed by atoms with E-state index < -0.39 is 5.97 Å². The van der Waals surface area contributed by atoms with E-state index >= 15 is 0 Å². The van der Waals surface area contributed by atoms with Gasteiger partial charge in [0, 0.05) is 17.8 Å². The number of methoxy groups -OCH3 is 1.